The van der Waals surface area contributed by atoms with Gasteiger partial charge in [0.1, 0.15) is 0 Å². The Morgan fingerprint density at radius 3 is 2.75 bits per heavy atom. The molecule has 2 atom stereocenters. The molecule has 1 aromatic rings. The molecular formula is C15H19O. The molecule has 1 heterocycles. The molecule has 1 aliphatic rings. The van der Waals surface area contributed by atoms with Gasteiger partial charge in [-0.3, -0.25) is 0 Å². The van der Waals surface area contributed by atoms with E-state index < -0.39 is 0 Å². The van der Waals surface area contributed by atoms with E-state index in [1.54, 1.807) is 0 Å². The van der Waals surface area contributed by atoms with Gasteiger partial charge in [-0.15, -0.1) is 0 Å². The molecule has 1 saturated heterocycles. The maximum atomic E-state index is 6.12. The lowest BCUT2D eigenvalue weighted by Crippen LogP contribution is -2.24. The zero-order valence-electron chi connectivity index (χ0n) is 9.86. The van der Waals surface area contributed by atoms with Crippen molar-refractivity contribution in [3.63, 3.8) is 0 Å². The first-order valence-electron chi connectivity index (χ1n) is 6.03. The van der Waals surface area contributed by atoms with Crippen molar-refractivity contribution in [1.82, 2.24) is 0 Å². The molecule has 1 heteroatoms. The summed E-state index contributed by atoms with van der Waals surface area (Å²) in [4.78, 5) is 0. The van der Waals surface area contributed by atoms with Crippen LogP contribution in [0.3, 0.4) is 0 Å². The highest BCUT2D eigenvalue weighted by Crippen LogP contribution is 2.35. The third-order valence-electron chi connectivity index (χ3n) is 3.24. The Kier molecular flexibility index (Phi) is 3.79. The first-order chi connectivity index (χ1) is 7.85. The van der Waals surface area contributed by atoms with Crippen LogP contribution in [-0.4, -0.2) is 6.10 Å². The Balaban J connectivity index is 2.11. The van der Waals surface area contributed by atoms with Gasteiger partial charge in [0.05, 0.1) is 12.2 Å². The van der Waals surface area contributed by atoms with E-state index in [4.69, 9.17) is 4.74 Å². The highest BCUT2D eigenvalue weighted by molar-refractivity contribution is 5.21. The van der Waals surface area contributed by atoms with Gasteiger partial charge in [0.2, 0.25) is 0 Å². The summed E-state index contributed by atoms with van der Waals surface area (Å²) in [6.45, 7) is 6.03. The van der Waals surface area contributed by atoms with Gasteiger partial charge in [-0.05, 0) is 37.3 Å². The van der Waals surface area contributed by atoms with E-state index >= 15 is 0 Å². The monoisotopic (exact) mass is 215 g/mol. The highest BCUT2D eigenvalue weighted by Gasteiger charge is 2.25. The molecule has 0 N–H and O–H groups in total. The van der Waals surface area contributed by atoms with Gasteiger partial charge in [-0.2, -0.15) is 0 Å². The van der Waals surface area contributed by atoms with Crippen LogP contribution >= 0.6 is 0 Å². The summed E-state index contributed by atoms with van der Waals surface area (Å²) in [5.41, 5.74) is 2.65. The second-order valence-corrected chi connectivity index (χ2v) is 4.25. The number of benzene rings is 1. The lowest BCUT2D eigenvalue weighted by Gasteiger charge is -2.32. The number of hydrogen-bond acceptors (Lipinski definition) is 1. The van der Waals surface area contributed by atoms with Gasteiger partial charge >= 0.3 is 0 Å². The van der Waals surface area contributed by atoms with Crippen LogP contribution in [0, 0.1) is 6.92 Å². The van der Waals surface area contributed by atoms with E-state index in [2.05, 4.69) is 38.1 Å². The molecule has 1 nitrogen and oxygen atoms in total. The molecule has 2 unspecified atom stereocenters. The quantitative estimate of drug-likeness (QED) is 0.722. The van der Waals surface area contributed by atoms with Crippen molar-refractivity contribution in [2.75, 3.05) is 0 Å². The van der Waals surface area contributed by atoms with E-state index in [1.807, 2.05) is 12.1 Å². The van der Waals surface area contributed by atoms with Crippen molar-refractivity contribution >= 4 is 0 Å². The van der Waals surface area contributed by atoms with Gasteiger partial charge in [-0.25, -0.2) is 0 Å². The molecular weight excluding hydrogens is 196 g/mol. The minimum atomic E-state index is 0.259. The van der Waals surface area contributed by atoms with Gasteiger partial charge in [0, 0.05) is 0 Å². The van der Waals surface area contributed by atoms with E-state index in [0.29, 0.717) is 0 Å². The van der Waals surface area contributed by atoms with E-state index in [9.17, 15) is 0 Å². The Morgan fingerprint density at radius 2 is 2.12 bits per heavy atom. The van der Waals surface area contributed by atoms with Crippen LogP contribution < -0.4 is 0 Å². The predicted molar refractivity (Wildman–Crippen MR) is 67.0 cm³/mol. The standard InChI is InChI=1S/C15H19O/c1-3-12-10-11-15(16-14(12)4-2)13-8-6-5-7-9-13/h3,5-9,14-15H,1,4,10-11H2,2H3. The molecule has 85 valence electrons. The van der Waals surface area contributed by atoms with Crippen molar-refractivity contribution in [3.8, 4) is 0 Å². The van der Waals surface area contributed by atoms with Gasteiger partial charge in [0.25, 0.3) is 0 Å². The summed E-state index contributed by atoms with van der Waals surface area (Å²) in [7, 11) is 0. The van der Waals surface area contributed by atoms with E-state index in [1.165, 1.54) is 11.1 Å². The van der Waals surface area contributed by atoms with Crippen molar-refractivity contribution in [2.45, 2.75) is 38.4 Å². The van der Waals surface area contributed by atoms with Crippen molar-refractivity contribution in [1.29, 1.82) is 0 Å². The molecule has 1 aromatic carbocycles. The predicted octanol–water partition coefficient (Wildman–Crippen LogP) is 4.08. The molecule has 0 spiro atoms. The number of ether oxygens (including phenoxy) is 1. The van der Waals surface area contributed by atoms with Crippen LogP contribution in [0.25, 0.3) is 0 Å². The third-order valence-corrected chi connectivity index (χ3v) is 3.24. The average molecular weight is 215 g/mol. The van der Waals surface area contributed by atoms with Gasteiger partial charge in [-0.1, -0.05) is 43.3 Å². The lowest BCUT2D eigenvalue weighted by molar-refractivity contribution is -0.0220. The summed E-state index contributed by atoms with van der Waals surface area (Å²) < 4.78 is 6.12. The summed E-state index contributed by atoms with van der Waals surface area (Å²) in [6.07, 6.45) is 5.70. The minimum Gasteiger partial charge on any atom is -0.366 e. The van der Waals surface area contributed by atoms with Crippen LogP contribution in [-0.2, 0) is 4.74 Å². The molecule has 0 aliphatic carbocycles. The Labute approximate surface area is 98.1 Å². The van der Waals surface area contributed by atoms with Crippen LogP contribution in [0.15, 0.2) is 42.0 Å². The molecule has 0 aromatic heterocycles. The number of hydrogen-bond donors (Lipinski definition) is 0. The minimum absolute atomic E-state index is 0.259. The van der Waals surface area contributed by atoms with Gasteiger partial charge in [0.15, 0.2) is 0 Å². The summed E-state index contributed by atoms with van der Waals surface area (Å²) in [6, 6.07) is 10.5. The molecule has 1 fully saturated rings. The second-order valence-electron chi connectivity index (χ2n) is 4.25. The smallest absolute Gasteiger partial charge is 0.0836 e. The van der Waals surface area contributed by atoms with Crippen molar-refractivity contribution in [3.05, 3.63) is 54.5 Å². The van der Waals surface area contributed by atoms with Crippen LogP contribution in [0.2, 0.25) is 0 Å². The fourth-order valence-corrected chi connectivity index (χ4v) is 2.32. The maximum Gasteiger partial charge on any atom is 0.0836 e. The lowest BCUT2D eigenvalue weighted by atomic mass is 9.93. The second kappa shape index (κ2) is 5.31. The first-order valence-corrected chi connectivity index (χ1v) is 6.03. The molecule has 1 aliphatic heterocycles. The van der Waals surface area contributed by atoms with E-state index in [0.717, 1.165) is 19.3 Å². The molecule has 0 bridgehead atoms. The number of allylic oxidation sites excluding steroid dienone is 1. The van der Waals surface area contributed by atoms with Crippen LogP contribution in [0.4, 0.5) is 0 Å². The SMILES string of the molecule is [CH2]C=C1CCC(c2ccccc2)OC1CC. The molecule has 1 radical (unpaired) electrons. The largest absolute Gasteiger partial charge is 0.366 e. The summed E-state index contributed by atoms with van der Waals surface area (Å²) in [5, 5.41) is 0. The third kappa shape index (κ3) is 2.35. The summed E-state index contributed by atoms with van der Waals surface area (Å²) >= 11 is 0. The topological polar surface area (TPSA) is 9.23 Å². The Hall–Kier alpha value is -1.08. The van der Waals surface area contributed by atoms with Gasteiger partial charge < -0.3 is 4.74 Å². The Bertz CT molecular complexity index is 353. The number of rotatable bonds is 2. The molecule has 0 amide bonds. The first kappa shape index (κ1) is 11.4. The maximum absolute atomic E-state index is 6.12. The Morgan fingerprint density at radius 1 is 1.38 bits per heavy atom. The zero-order valence-corrected chi connectivity index (χ0v) is 9.86. The molecule has 16 heavy (non-hydrogen) atoms. The average Bonchev–Trinajstić information content (AvgIpc) is 2.39. The van der Waals surface area contributed by atoms with Crippen LogP contribution in [0.5, 0.6) is 0 Å². The fraction of sp³-hybridized carbons (Fsp3) is 0.400. The molecule has 2 rings (SSSR count). The molecule has 0 saturated carbocycles. The summed E-state index contributed by atoms with van der Waals surface area (Å²) in [5.74, 6) is 0. The highest BCUT2D eigenvalue weighted by atomic mass is 16.5. The zero-order chi connectivity index (χ0) is 11.4. The fourth-order valence-electron chi connectivity index (χ4n) is 2.32. The van der Waals surface area contributed by atoms with E-state index in [-0.39, 0.29) is 12.2 Å². The normalized spacial score (nSPS) is 28.2. The van der Waals surface area contributed by atoms with Crippen LogP contribution in [0.1, 0.15) is 37.9 Å². The van der Waals surface area contributed by atoms with Crippen molar-refractivity contribution < 1.29 is 4.74 Å². The van der Waals surface area contributed by atoms with Crippen molar-refractivity contribution in [2.24, 2.45) is 0 Å².